The summed E-state index contributed by atoms with van der Waals surface area (Å²) in [5.74, 6) is 0.478. The van der Waals surface area contributed by atoms with Crippen LogP contribution < -0.4 is 10.1 Å². The van der Waals surface area contributed by atoms with Crippen molar-refractivity contribution in [1.82, 2.24) is 5.32 Å². The third kappa shape index (κ3) is 7.36. The number of hydrogen-bond acceptors (Lipinski definition) is 2. The monoisotopic (exact) mass is 473 g/mol. The Kier molecular flexibility index (Phi) is 9.54. The molecule has 0 aromatic heterocycles. The Morgan fingerprint density at radius 2 is 1.52 bits per heavy atom. The molecule has 3 rings (SSSR count). The first kappa shape index (κ1) is 23.8. The van der Waals surface area contributed by atoms with E-state index in [0.717, 1.165) is 35.4 Å². The minimum Gasteiger partial charge on any atom is -0.489 e. The lowest BCUT2D eigenvalue weighted by molar-refractivity contribution is 0.302. The molecule has 0 bridgehead atoms. The molecular formula is C22H20Cl4FNO. The van der Waals surface area contributed by atoms with Crippen LogP contribution in [0.1, 0.15) is 16.7 Å². The van der Waals surface area contributed by atoms with Gasteiger partial charge in [0.1, 0.15) is 18.2 Å². The van der Waals surface area contributed by atoms with E-state index in [0.29, 0.717) is 28.2 Å². The number of nitrogens with one attached hydrogen (secondary N) is 1. The molecule has 3 aromatic carbocycles. The van der Waals surface area contributed by atoms with Crippen molar-refractivity contribution in [3.8, 4) is 5.75 Å². The fourth-order valence-corrected chi connectivity index (χ4v) is 3.44. The van der Waals surface area contributed by atoms with Gasteiger partial charge in [-0.1, -0.05) is 53.0 Å². The molecule has 0 radical (unpaired) electrons. The molecule has 0 spiro atoms. The number of rotatable bonds is 8. The molecule has 154 valence electrons. The molecule has 0 aliphatic rings. The highest BCUT2D eigenvalue weighted by Crippen LogP contribution is 2.24. The maximum absolute atomic E-state index is 13.0. The summed E-state index contributed by atoms with van der Waals surface area (Å²) < 4.78 is 18.9. The molecule has 0 fully saturated rings. The van der Waals surface area contributed by atoms with Crippen LogP contribution in [0.2, 0.25) is 15.1 Å². The largest absolute Gasteiger partial charge is 0.489 e. The summed E-state index contributed by atoms with van der Waals surface area (Å²) in [5.41, 5.74) is 2.89. The molecule has 0 saturated carbocycles. The van der Waals surface area contributed by atoms with Crippen LogP contribution in [0.3, 0.4) is 0 Å². The van der Waals surface area contributed by atoms with Gasteiger partial charge in [-0.25, -0.2) is 4.39 Å². The summed E-state index contributed by atoms with van der Waals surface area (Å²) >= 11 is 18.3. The second-order valence-corrected chi connectivity index (χ2v) is 7.61. The molecule has 0 heterocycles. The predicted molar refractivity (Wildman–Crippen MR) is 121 cm³/mol. The summed E-state index contributed by atoms with van der Waals surface area (Å²) in [5, 5.41) is 5.33. The highest BCUT2D eigenvalue weighted by molar-refractivity contribution is 6.35. The van der Waals surface area contributed by atoms with Crippen LogP contribution in [-0.4, -0.2) is 6.54 Å². The number of hydrogen-bond donors (Lipinski definition) is 1. The van der Waals surface area contributed by atoms with Crippen LogP contribution in [0.4, 0.5) is 4.39 Å². The van der Waals surface area contributed by atoms with E-state index in [9.17, 15) is 4.39 Å². The van der Waals surface area contributed by atoms with Gasteiger partial charge < -0.3 is 10.1 Å². The molecule has 0 aliphatic carbocycles. The van der Waals surface area contributed by atoms with Crippen LogP contribution in [-0.2, 0) is 19.6 Å². The van der Waals surface area contributed by atoms with E-state index in [1.807, 2.05) is 24.3 Å². The van der Waals surface area contributed by atoms with E-state index in [-0.39, 0.29) is 18.2 Å². The smallest absolute Gasteiger partial charge is 0.124 e. The van der Waals surface area contributed by atoms with Gasteiger partial charge in [-0.05, 0) is 66.6 Å². The SMILES string of the molecule is Cl.Fc1ccc(COc2ccc(Cl)cc2CNCCc2ccc(Cl)cc2Cl)cc1. The normalized spacial score (nSPS) is 10.5. The standard InChI is InChI=1S/C22H19Cl3FNO.ClH/c23-18-5-8-22(28-14-15-1-6-20(26)7-2-15)17(11-18)13-27-10-9-16-3-4-19(24)12-21(16)25;/h1-8,11-12,27H,9-10,13-14H2;1H. The summed E-state index contributed by atoms with van der Waals surface area (Å²) in [6.07, 6.45) is 0.780. The Hall–Kier alpha value is -1.49. The van der Waals surface area contributed by atoms with E-state index in [1.165, 1.54) is 12.1 Å². The van der Waals surface area contributed by atoms with Gasteiger partial charge in [-0.15, -0.1) is 12.4 Å². The first-order chi connectivity index (χ1) is 13.5. The molecule has 29 heavy (non-hydrogen) atoms. The molecule has 2 nitrogen and oxygen atoms in total. The maximum Gasteiger partial charge on any atom is 0.124 e. The van der Waals surface area contributed by atoms with Gasteiger partial charge >= 0.3 is 0 Å². The summed E-state index contributed by atoms with van der Waals surface area (Å²) in [4.78, 5) is 0. The molecule has 0 saturated heterocycles. The van der Waals surface area contributed by atoms with Gasteiger partial charge in [0.05, 0.1) is 0 Å². The number of benzene rings is 3. The van der Waals surface area contributed by atoms with Crippen molar-refractivity contribution in [2.24, 2.45) is 0 Å². The van der Waals surface area contributed by atoms with E-state index in [1.54, 1.807) is 24.3 Å². The van der Waals surface area contributed by atoms with Crippen LogP contribution in [0, 0.1) is 5.82 Å². The molecular weight excluding hydrogens is 455 g/mol. The molecule has 1 N–H and O–H groups in total. The fourth-order valence-electron chi connectivity index (χ4n) is 2.74. The van der Waals surface area contributed by atoms with Gasteiger partial charge in [0.25, 0.3) is 0 Å². The van der Waals surface area contributed by atoms with Gasteiger partial charge in [0.15, 0.2) is 0 Å². The van der Waals surface area contributed by atoms with Crippen molar-refractivity contribution in [3.05, 3.63) is 98.2 Å². The third-order valence-electron chi connectivity index (χ3n) is 4.23. The highest BCUT2D eigenvalue weighted by atomic mass is 35.5. The summed E-state index contributed by atoms with van der Waals surface area (Å²) in [6.45, 7) is 1.70. The van der Waals surface area contributed by atoms with Crippen LogP contribution >= 0.6 is 47.2 Å². The van der Waals surface area contributed by atoms with Crippen LogP contribution in [0.15, 0.2) is 60.7 Å². The Morgan fingerprint density at radius 1 is 0.828 bits per heavy atom. The predicted octanol–water partition coefficient (Wildman–Crippen LogP) is 7.12. The van der Waals surface area contributed by atoms with Crippen molar-refractivity contribution in [1.29, 1.82) is 0 Å². The molecule has 0 amide bonds. The number of halogens is 5. The third-order valence-corrected chi connectivity index (χ3v) is 5.05. The van der Waals surface area contributed by atoms with Crippen molar-refractivity contribution in [3.63, 3.8) is 0 Å². The van der Waals surface area contributed by atoms with E-state index >= 15 is 0 Å². The zero-order chi connectivity index (χ0) is 19.9. The average Bonchev–Trinajstić information content (AvgIpc) is 2.67. The lowest BCUT2D eigenvalue weighted by atomic mass is 10.1. The zero-order valence-electron chi connectivity index (χ0n) is 15.4. The minimum absolute atomic E-state index is 0. The lowest BCUT2D eigenvalue weighted by Gasteiger charge is -2.13. The van der Waals surface area contributed by atoms with Crippen molar-refractivity contribution < 1.29 is 9.13 Å². The van der Waals surface area contributed by atoms with E-state index in [4.69, 9.17) is 39.5 Å². The van der Waals surface area contributed by atoms with Crippen LogP contribution in [0.5, 0.6) is 5.75 Å². The Balaban J connectivity index is 0.00000300. The first-order valence-electron chi connectivity index (χ1n) is 8.81. The van der Waals surface area contributed by atoms with Gasteiger partial charge in [-0.2, -0.15) is 0 Å². The van der Waals surface area contributed by atoms with Crippen molar-refractivity contribution >= 4 is 47.2 Å². The second kappa shape index (κ2) is 11.6. The van der Waals surface area contributed by atoms with Gasteiger partial charge in [0, 0.05) is 27.2 Å². The topological polar surface area (TPSA) is 21.3 Å². The molecule has 7 heteroatoms. The molecule has 0 unspecified atom stereocenters. The average molecular weight is 475 g/mol. The van der Waals surface area contributed by atoms with Crippen molar-refractivity contribution in [2.75, 3.05) is 6.54 Å². The Bertz CT molecular complexity index is 935. The Labute approximate surface area is 191 Å². The van der Waals surface area contributed by atoms with E-state index in [2.05, 4.69) is 5.32 Å². The van der Waals surface area contributed by atoms with E-state index < -0.39 is 0 Å². The number of ether oxygens (including phenoxy) is 1. The van der Waals surface area contributed by atoms with Crippen LogP contribution in [0.25, 0.3) is 0 Å². The van der Waals surface area contributed by atoms with Gasteiger partial charge in [-0.3, -0.25) is 0 Å². The summed E-state index contributed by atoms with van der Waals surface area (Å²) in [7, 11) is 0. The summed E-state index contributed by atoms with van der Waals surface area (Å²) in [6, 6.07) is 17.3. The molecule has 0 aliphatic heterocycles. The zero-order valence-corrected chi connectivity index (χ0v) is 18.5. The fraction of sp³-hybridized carbons (Fsp3) is 0.182. The molecule has 3 aromatic rings. The molecule has 0 atom stereocenters. The first-order valence-corrected chi connectivity index (χ1v) is 9.95. The highest BCUT2D eigenvalue weighted by Gasteiger charge is 2.07. The Morgan fingerprint density at radius 3 is 2.24 bits per heavy atom. The lowest BCUT2D eigenvalue weighted by Crippen LogP contribution is -2.17. The minimum atomic E-state index is -0.263. The van der Waals surface area contributed by atoms with Gasteiger partial charge in [0.2, 0.25) is 0 Å². The maximum atomic E-state index is 13.0. The second-order valence-electron chi connectivity index (χ2n) is 6.33. The van der Waals surface area contributed by atoms with Crippen molar-refractivity contribution in [2.45, 2.75) is 19.6 Å². The quantitative estimate of drug-likeness (QED) is 0.351.